The summed E-state index contributed by atoms with van der Waals surface area (Å²) >= 11 is 0. The van der Waals surface area contributed by atoms with Crippen molar-refractivity contribution in [2.45, 2.75) is 45.6 Å². The number of anilines is 1. The van der Waals surface area contributed by atoms with Gasteiger partial charge in [0.15, 0.2) is 0 Å². The van der Waals surface area contributed by atoms with Crippen LogP contribution in [0.2, 0.25) is 0 Å². The lowest BCUT2D eigenvalue weighted by atomic mass is 10.2. The van der Waals surface area contributed by atoms with Crippen LogP contribution in [0.3, 0.4) is 0 Å². The summed E-state index contributed by atoms with van der Waals surface area (Å²) in [5, 5.41) is 0. The van der Waals surface area contributed by atoms with Crippen molar-refractivity contribution in [2.24, 2.45) is 0 Å². The van der Waals surface area contributed by atoms with Gasteiger partial charge in [-0.15, -0.1) is 0 Å². The molecule has 6 nitrogen and oxygen atoms in total. The zero-order chi connectivity index (χ0) is 23.9. The molecular formula is C28H31N3O3. The Hall–Kier alpha value is -3.80. The minimum atomic E-state index is -0.144. The zero-order valence-electron chi connectivity index (χ0n) is 19.7. The number of esters is 1. The van der Waals surface area contributed by atoms with Gasteiger partial charge in [-0.25, -0.2) is 4.98 Å². The first-order valence-corrected chi connectivity index (χ1v) is 11.8. The molecule has 1 heterocycles. The number of benzene rings is 3. The highest BCUT2D eigenvalue weighted by Crippen LogP contribution is 2.34. The van der Waals surface area contributed by atoms with Gasteiger partial charge in [0.05, 0.1) is 29.4 Å². The van der Waals surface area contributed by atoms with E-state index in [0.29, 0.717) is 24.5 Å². The fourth-order valence-corrected chi connectivity index (χ4v) is 3.92. The molecular weight excluding hydrogens is 426 g/mol. The summed E-state index contributed by atoms with van der Waals surface area (Å²) < 4.78 is 13.3. The van der Waals surface area contributed by atoms with Gasteiger partial charge < -0.3 is 15.2 Å². The lowest BCUT2D eigenvalue weighted by Gasteiger charge is -2.12. The van der Waals surface area contributed by atoms with Crippen LogP contribution < -0.4 is 10.5 Å². The van der Waals surface area contributed by atoms with Gasteiger partial charge in [-0.3, -0.25) is 9.36 Å². The second-order valence-electron chi connectivity index (χ2n) is 8.55. The Bertz CT molecular complexity index is 1230. The van der Waals surface area contributed by atoms with E-state index in [4.69, 9.17) is 20.2 Å². The standard InChI is InChI=1S/C28H31N3O3/c1-20(2)34-27(32)16-10-5-11-17-33-26-19-25-24(18-23(26)29)30-28(21-12-6-3-7-13-21)31(25)22-14-8-4-9-15-22/h3-4,6-9,12-15,18-20H,5,10-11,16-17,29H2,1-2H3. The zero-order valence-corrected chi connectivity index (χ0v) is 19.7. The molecule has 1 aromatic heterocycles. The Morgan fingerprint density at radius 3 is 2.38 bits per heavy atom. The van der Waals surface area contributed by atoms with Crippen LogP contribution in [0.25, 0.3) is 28.1 Å². The molecule has 34 heavy (non-hydrogen) atoms. The quantitative estimate of drug-likeness (QED) is 0.175. The third-order valence-electron chi connectivity index (χ3n) is 5.48. The molecule has 176 valence electrons. The second kappa shape index (κ2) is 10.9. The number of fused-ring (bicyclic) bond motifs is 1. The van der Waals surface area contributed by atoms with Crippen molar-refractivity contribution < 1.29 is 14.3 Å². The number of imidazole rings is 1. The minimum absolute atomic E-state index is 0.0690. The molecule has 6 heteroatoms. The first-order valence-electron chi connectivity index (χ1n) is 11.8. The number of hydrogen-bond donors (Lipinski definition) is 1. The number of carbonyl (C=O) groups is 1. The van der Waals surface area contributed by atoms with Gasteiger partial charge >= 0.3 is 5.97 Å². The molecule has 4 aromatic rings. The molecule has 4 rings (SSSR count). The SMILES string of the molecule is CC(C)OC(=O)CCCCCOc1cc2c(cc1N)nc(-c1ccccc1)n2-c1ccccc1. The van der Waals surface area contributed by atoms with Crippen LogP contribution in [0.1, 0.15) is 39.5 Å². The van der Waals surface area contributed by atoms with Gasteiger partial charge in [-0.2, -0.15) is 0 Å². The van der Waals surface area contributed by atoms with E-state index < -0.39 is 0 Å². The van der Waals surface area contributed by atoms with E-state index in [1.54, 1.807) is 0 Å². The molecule has 0 aliphatic heterocycles. The summed E-state index contributed by atoms with van der Waals surface area (Å²) in [4.78, 5) is 16.6. The van der Waals surface area contributed by atoms with Gasteiger partial charge in [-0.1, -0.05) is 48.5 Å². The van der Waals surface area contributed by atoms with E-state index in [1.807, 2.05) is 62.4 Å². The maximum absolute atomic E-state index is 11.7. The first kappa shape index (κ1) is 23.4. The van der Waals surface area contributed by atoms with Crippen molar-refractivity contribution >= 4 is 22.7 Å². The lowest BCUT2D eigenvalue weighted by Crippen LogP contribution is -2.11. The fourth-order valence-electron chi connectivity index (χ4n) is 3.92. The third kappa shape index (κ3) is 5.57. The number of nitrogens with two attached hydrogens (primary N) is 1. The average molecular weight is 458 g/mol. The Morgan fingerprint density at radius 1 is 0.971 bits per heavy atom. The summed E-state index contributed by atoms with van der Waals surface area (Å²) in [7, 11) is 0. The van der Waals surface area contributed by atoms with E-state index >= 15 is 0 Å². The Morgan fingerprint density at radius 2 is 1.68 bits per heavy atom. The molecule has 2 N–H and O–H groups in total. The van der Waals surface area contributed by atoms with Crippen LogP contribution in [0.15, 0.2) is 72.8 Å². The molecule has 0 radical (unpaired) electrons. The topological polar surface area (TPSA) is 79.4 Å². The molecule has 0 aliphatic rings. The Kier molecular flexibility index (Phi) is 7.48. The highest BCUT2D eigenvalue weighted by Gasteiger charge is 2.16. The van der Waals surface area contributed by atoms with Crippen LogP contribution >= 0.6 is 0 Å². The van der Waals surface area contributed by atoms with Gasteiger partial charge in [-0.05, 0) is 51.3 Å². The fraction of sp³-hybridized carbons (Fsp3) is 0.286. The molecule has 0 amide bonds. The summed E-state index contributed by atoms with van der Waals surface area (Å²) in [5.74, 6) is 1.35. The van der Waals surface area contributed by atoms with Crippen LogP contribution in [0.5, 0.6) is 5.75 Å². The number of unbranched alkanes of at least 4 members (excludes halogenated alkanes) is 2. The number of carbonyl (C=O) groups excluding carboxylic acids is 1. The Labute approximate surface area is 200 Å². The third-order valence-corrected chi connectivity index (χ3v) is 5.48. The van der Waals surface area contributed by atoms with Crippen molar-refractivity contribution in [3.8, 4) is 22.8 Å². The molecule has 0 aliphatic carbocycles. The van der Waals surface area contributed by atoms with Gasteiger partial charge in [0, 0.05) is 23.7 Å². The second-order valence-corrected chi connectivity index (χ2v) is 8.55. The van der Waals surface area contributed by atoms with Crippen molar-refractivity contribution in [1.29, 1.82) is 0 Å². The normalized spacial score (nSPS) is 11.1. The van der Waals surface area contributed by atoms with E-state index in [9.17, 15) is 4.79 Å². The maximum Gasteiger partial charge on any atom is 0.306 e. The lowest BCUT2D eigenvalue weighted by molar-refractivity contribution is -0.147. The van der Waals surface area contributed by atoms with Gasteiger partial charge in [0.25, 0.3) is 0 Å². The van der Waals surface area contributed by atoms with Crippen LogP contribution in [-0.2, 0) is 9.53 Å². The largest absolute Gasteiger partial charge is 0.491 e. The minimum Gasteiger partial charge on any atom is -0.491 e. The first-order chi connectivity index (χ1) is 16.5. The van der Waals surface area contributed by atoms with Gasteiger partial charge in [0.1, 0.15) is 11.6 Å². The summed E-state index contributed by atoms with van der Waals surface area (Å²) in [6.45, 7) is 4.25. The van der Waals surface area contributed by atoms with E-state index in [2.05, 4.69) is 28.8 Å². The number of nitrogens with zero attached hydrogens (tertiary/aromatic N) is 2. The number of para-hydroxylation sites is 1. The predicted molar refractivity (Wildman–Crippen MR) is 136 cm³/mol. The number of nitrogen functional groups attached to an aromatic ring is 1. The molecule has 0 fully saturated rings. The average Bonchev–Trinajstić information content (AvgIpc) is 3.20. The molecule has 0 saturated heterocycles. The summed E-state index contributed by atoms with van der Waals surface area (Å²) in [5.41, 5.74) is 10.7. The summed E-state index contributed by atoms with van der Waals surface area (Å²) in [6.07, 6.45) is 2.87. The molecule has 0 atom stereocenters. The molecule has 0 spiro atoms. The van der Waals surface area contributed by atoms with Gasteiger partial charge in [0.2, 0.25) is 0 Å². The smallest absolute Gasteiger partial charge is 0.306 e. The van der Waals surface area contributed by atoms with E-state index in [-0.39, 0.29) is 12.1 Å². The Balaban J connectivity index is 1.52. The number of rotatable bonds is 10. The van der Waals surface area contributed by atoms with Crippen molar-refractivity contribution in [2.75, 3.05) is 12.3 Å². The van der Waals surface area contributed by atoms with Crippen LogP contribution in [0.4, 0.5) is 5.69 Å². The molecule has 0 bridgehead atoms. The maximum atomic E-state index is 11.7. The monoisotopic (exact) mass is 457 g/mol. The highest BCUT2D eigenvalue weighted by molar-refractivity contribution is 5.88. The van der Waals surface area contributed by atoms with Crippen molar-refractivity contribution in [3.63, 3.8) is 0 Å². The van der Waals surface area contributed by atoms with E-state index in [1.165, 1.54) is 0 Å². The van der Waals surface area contributed by atoms with Crippen LogP contribution in [-0.4, -0.2) is 28.2 Å². The number of ether oxygens (including phenoxy) is 2. The van der Waals surface area contributed by atoms with Crippen LogP contribution in [0, 0.1) is 0 Å². The predicted octanol–water partition coefficient (Wildman–Crippen LogP) is 6.17. The number of hydrogen-bond acceptors (Lipinski definition) is 5. The van der Waals surface area contributed by atoms with Crippen molar-refractivity contribution in [3.05, 3.63) is 72.8 Å². The van der Waals surface area contributed by atoms with Crippen molar-refractivity contribution in [1.82, 2.24) is 9.55 Å². The van der Waals surface area contributed by atoms with E-state index in [0.717, 1.165) is 47.4 Å². The molecule has 0 unspecified atom stereocenters. The highest BCUT2D eigenvalue weighted by atomic mass is 16.5. The molecule has 0 saturated carbocycles. The molecule has 3 aromatic carbocycles. The number of aromatic nitrogens is 2. The summed E-state index contributed by atoms with van der Waals surface area (Å²) in [6, 6.07) is 24.1.